The first-order valence-corrected chi connectivity index (χ1v) is 10.5. The number of aromatic nitrogens is 1. The molecule has 0 radical (unpaired) electrons. The van der Waals surface area contributed by atoms with Gasteiger partial charge in [0.25, 0.3) is 0 Å². The summed E-state index contributed by atoms with van der Waals surface area (Å²) in [5.41, 5.74) is 1.37. The number of piperidine rings is 1. The van der Waals surface area contributed by atoms with E-state index in [4.69, 9.17) is 0 Å². The predicted octanol–water partition coefficient (Wildman–Crippen LogP) is 4.90. The number of anilines is 1. The number of nitrogens with one attached hydrogen (secondary N) is 2. The zero-order chi connectivity index (χ0) is 17.5. The standard InChI is InChI=1S/C21H35N3O/c1-2-3-12-24-13-10-17(11-14-24)19-15-20(22-16-19)23-21(25)18-8-6-4-5-7-9-18/h15-18,22H,2-14H2,1H3,(H,23,25). The third-order valence-electron chi connectivity index (χ3n) is 6.08. The van der Waals surface area contributed by atoms with Gasteiger partial charge in [0, 0.05) is 12.1 Å². The van der Waals surface area contributed by atoms with Crippen LogP contribution >= 0.6 is 0 Å². The van der Waals surface area contributed by atoms with E-state index in [1.165, 1.54) is 76.6 Å². The molecule has 2 aliphatic rings. The lowest BCUT2D eigenvalue weighted by atomic mass is 9.91. The van der Waals surface area contributed by atoms with Crippen molar-refractivity contribution in [1.29, 1.82) is 0 Å². The Bertz CT molecular complexity index is 523. The minimum Gasteiger partial charge on any atom is -0.348 e. The summed E-state index contributed by atoms with van der Waals surface area (Å²) in [6.45, 7) is 5.93. The molecule has 140 valence electrons. The molecule has 1 aromatic heterocycles. The molecule has 0 unspecified atom stereocenters. The summed E-state index contributed by atoms with van der Waals surface area (Å²) >= 11 is 0. The third kappa shape index (κ3) is 5.34. The molecule has 4 heteroatoms. The highest BCUT2D eigenvalue weighted by Crippen LogP contribution is 2.30. The van der Waals surface area contributed by atoms with Gasteiger partial charge in [-0.1, -0.05) is 39.0 Å². The Balaban J connectivity index is 1.48. The molecule has 1 amide bonds. The van der Waals surface area contributed by atoms with E-state index in [1.54, 1.807) is 0 Å². The first kappa shape index (κ1) is 18.5. The summed E-state index contributed by atoms with van der Waals surface area (Å²) in [6, 6.07) is 2.17. The average molecular weight is 346 g/mol. The van der Waals surface area contributed by atoms with E-state index >= 15 is 0 Å². The van der Waals surface area contributed by atoms with Gasteiger partial charge in [0.15, 0.2) is 0 Å². The molecule has 2 N–H and O–H groups in total. The zero-order valence-electron chi connectivity index (χ0n) is 15.9. The van der Waals surface area contributed by atoms with Crippen LogP contribution in [0.15, 0.2) is 12.3 Å². The molecule has 1 aromatic rings. The summed E-state index contributed by atoms with van der Waals surface area (Å²) in [7, 11) is 0. The van der Waals surface area contributed by atoms with Gasteiger partial charge in [-0.3, -0.25) is 4.79 Å². The van der Waals surface area contributed by atoms with Gasteiger partial charge in [-0.2, -0.15) is 0 Å². The van der Waals surface area contributed by atoms with Crippen LogP contribution in [0.3, 0.4) is 0 Å². The summed E-state index contributed by atoms with van der Waals surface area (Å²) in [4.78, 5) is 18.4. The van der Waals surface area contributed by atoms with Crippen molar-refractivity contribution in [3.8, 4) is 0 Å². The molecule has 0 aromatic carbocycles. The van der Waals surface area contributed by atoms with Crippen molar-refractivity contribution in [2.24, 2.45) is 5.92 Å². The van der Waals surface area contributed by atoms with Gasteiger partial charge in [0.2, 0.25) is 5.91 Å². The fourth-order valence-corrected chi connectivity index (χ4v) is 4.37. The maximum absolute atomic E-state index is 12.5. The quantitative estimate of drug-likeness (QED) is 0.720. The molecule has 4 nitrogen and oxygen atoms in total. The lowest BCUT2D eigenvalue weighted by molar-refractivity contribution is -0.120. The number of likely N-dealkylation sites (tertiary alicyclic amines) is 1. The van der Waals surface area contributed by atoms with Gasteiger partial charge < -0.3 is 15.2 Å². The molecule has 1 saturated heterocycles. The molecule has 2 heterocycles. The summed E-state index contributed by atoms with van der Waals surface area (Å²) in [6.07, 6.45) is 14.2. The van der Waals surface area contributed by atoms with Crippen LogP contribution in [-0.2, 0) is 4.79 Å². The molecule has 25 heavy (non-hydrogen) atoms. The van der Waals surface area contributed by atoms with E-state index < -0.39 is 0 Å². The van der Waals surface area contributed by atoms with Crippen molar-refractivity contribution in [3.63, 3.8) is 0 Å². The molecule has 1 saturated carbocycles. The van der Waals surface area contributed by atoms with E-state index in [0.717, 1.165) is 18.7 Å². The second-order valence-corrected chi connectivity index (χ2v) is 7.99. The minimum atomic E-state index is 0.205. The van der Waals surface area contributed by atoms with E-state index in [1.807, 2.05) is 0 Å². The van der Waals surface area contributed by atoms with Crippen molar-refractivity contribution in [2.45, 2.75) is 77.0 Å². The van der Waals surface area contributed by atoms with E-state index in [0.29, 0.717) is 5.92 Å². The average Bonchev–Trinajstić information content (AvgIpc) is 2.92. The van der Waals surface area contributed by atoms with Gasteiger partial charge in [-0.15, -0.1) is 0 Å². The molecular formula is C21H35N3O. The van der Waals surface area contributed by atoms with Gasteiger partial charge in [0.05, 0.1) is 0 Å². The number of hydrogen-bond acceptors (Lipinski definition) is 2. The van der Waals surface area contributed by atoms with Crippen molar-refractivity contribution < 1.29 is 4.79 Å². The highest BCUT2D eigenvalue weighted by molar-refractivity contribution is 5.91. The van der Waals surface area contributed by atoms with Crippen molar-refractivity contribution >= 4 is 11.7 Å². The molecular weight excluding hydrogens is 310 g/mol. The maximum atomic E-state index is 12.5. The predicted molar refractivity (Wildman–Crippen MR) is 104 cm³/mol. The van der Waals surface area contributed by atoms with Gasteiger partial charge in [0.1, 0.15) is 5.82 Å². The number of H-pyrrole nitrogens is 1. The summed E-state index contributed by atoms with van der Waals surface area (Å²) < 4.78 is 0. The number of hydrogen-bond donors (Lipinski definition) is 2. The van der Waals surface area contributed by atoms with Crippen LogP contribution in [0.2, 0.25) is 0 Å². The van der Waals surface area contributed by atoms with Crippen LogP contribution in [0.5, 0.6) is 0 Å². The zero-order valence-corrected chi connectivity index (χ0v) is 15.9. The number of aromatic amines is 1. The Labute approximate surface area is 152 Å². The Morgan fingerprint density at radius 1 is 1.16 bits per heavy atom. The van der Waals surface area contributed by atoms with Crippen LogP contribution in [0.1, 0.15) is 82.6 Å². The monoisotopic (exact) mass is 345 g/mol. The highest BCUT2D eigenvalue weighted by Gasteiger charge is 2.23. The first-order valence-electron chi connectivity index (χ1n) is 10.5. The van der Waals surface area contributed by atoms with Crippen LogP contribution in [0, 0.1) is 5.92 Å². The number of amides is 1. The molecule has 1 aliphatic carbocycles. The topological polar surface area (TPSA) is 48.1 Å². The lowest BCUT2D eigenvalue weighted by Gasteiger charge is -2.31. The van der Waals surface area contributed by atoms with Gasteiger partial charge >= 0.3 is 0 Å². The van der Waals surface area contributed by atoms with Crippen LogP contribution in [-0.4, -0.2) is 35.4 Å². The maximum Gasteiger partial charge on any atom is 0.228 e. The molecule has 0 bridgehead atoms. The van der Waals surface area contributed by atoms with E-state index in [-0.39, 0.29) is 11.8 Å². The highest BCUT2D eigenvalue weighted by atomic mass is 16.1. The van der Waals surface area contributed by atoms with Crippen LogP contribution in [0.25, 0.3) is 0 Å². The van der Waals surface area contributed by atoms with E-state index in [2.05, 4.69) is 34.4 Å². The van der Waals surface area contributed by atoms with Crippen molar-refractivity contribution in [1.82, 2.24) is 9.88 Å². The molecule has 3 rings (SSSR count). The van der Waals surface area contributed by atoms with Gasteiger partial charge in [-0.05, 0) is 69.3 Å². The number of nitrogens with zero attached hydrogens (tertiary/aromatic N) is 1. The number of unbranched alkanes of at least 4 members (excludes halogenated alkanes) is 1. The smallest absolute Gasteiger partial charge is 0.228 e. The second-order valence-electron chi connectivity index (χ2n) is 7.99. The Kier molecular flexibility index (Phi) is 6.97. The van der Waals surface area contributed by atoms with Gasteiger partial charge in [-0.25, -0.2) is 0 Å². The first-order chi connectivity index (χ1) is 12.3. The summed E-state index contributed by atoms with van der Waals surface area (Å²) in [5.74, 6) is 1.94. The fourth-order valence-electron chi connectivity index (χ4n) is 4.37. The minimum absolute atomic E-state index is 0.205. The molecule has 0 atom stereocenters. The molecule has 0 spiro atoms. The SMILES string of the molecule is CCCCN1CCC(c2c[nH]c(NC(=O)C3CCCCCC3)c2)CC1. The summed E-state index contributed by atoms with van der Waals surface area (Å²) in [5, 5.41) is 3.13. The number of rotatable bonds is 6. The Hall–Kier alpha value is -1.29. The third-order valence-corrected chi connectivity index (χ3v) is 6.08. The number of carbonyl (C=O) groups is 1. The largest absolute Gasteiger partial charge is 0.348 e. The Morgan fingerprint density at radius 2 is 1.88 bits per heavy atom. The van der Waals surface area contributed by atoms with Crippen molar-refractivity contribution in [3.05, 3.63) is 17.8 Å². The molecule has 2 fully saturated rings. The lowest BCUT2D eigenvalue weighted by Crippen LogP contribution is -2.33. The van der Waals surface area contributed by atoms with Crippen molar-refractivity contribution in [2.75, 3.05) is 25.0 Å². The number of carbonyl (C=O) groups excluding carboxylic acids is 1. The Morgan fingerprint density at radius 3 is 2.56 bits per heavy atom. The van der Waals surface area contributed by atoms with Crippen LogP contribution in [0.4, 0.5) is 5.82 Å². The fraction of sp³-hybridized carbons (Fsp3) is 0.762. The normalized spacial score (nSPS) is 21.2. The van der Waals surface area contributed by atoms with Crippen LogP contribution < -0.4 is 5.32 Å². The second kappa shape index (κ2) is 9.42. The molecule has 1 aliphatic heterocycles. The van der Waals surface area contributed by atoms with E-state index in [9.17, 15) is 4.79 Å².